The summed E-state index contributed by atoms with van der Waals surface area (Å²) in [4.78, 5) is 9.64. The Morgan fingerprint density at radius 2 is 2.19 bits per heavy atom. The van der Waals surface area contributed by atoms with Crippen LogP contribution in [0.1, 0.15) is 16.0 Å². The van der Waals surface area contributed by atoms with Crippen LogP contribution in [0.5, 0.6) is 0 Å². The number of thiophene rings is 1. The van der Waals surface area contributed by atoms with Crippen molar-refractivity contribution in [1.29, 1.82) is 0 Å². The molecule has 0 aliphatic rings. The summed E-state index contributed by atoms with van der Waals surface area (Å²) in [5.41, 5.74) is 2.55. The van der Waals surface area contributed by atoms with Crippen LogP contribution in [0.3, 0.4) is 0 Å². The molecule has 0 aromatic carbocycles. The molecule has 6 heteroatoms. The number of nitrogens with one attached hydrogen (secondary N) is 2. The van der Waals surface area contributed by atoms with E-state index in [2.05, 4.69) is 51.1 Å². The smallest absolute Gasteiger partial charge is 0.191 e. The Morgan fingerprint density at radius 1 is 1.33 bits per heavy atom. The van der Waals surface area contributed by atoms with Crippen LogP contribution in [0.2, 0.25) is 0 Å². The first-order valence-corrected chi connectivity index (χ1v) is 7.54. The average molecular weight is 416 g/mol. The van der Waals surface area contributed by atoms with E-state index in [0.717, 1.165) is 25.5 Å². The molecular weight excluding hydrogens is 395 g/mol. The summed E-state index contributed by atoms with van der Waals surface area (Å²) in [6, 6.07) is 6.24. The molecule has 0 radical (unpaired) electrons. The molecule has 2 aromatic rings. The Morgan fingerprint density at radius 3 is 2.86 bits per heavy atom. The van der Waals surface area contributed by atoms with Gasteiger partial charge in [0.05, 0.1) is 6.54 Å². The quantitative estimate of drug-likeness (QED) is 0.448. The lowest BCUT2D eigenvalue weighted by atomic mass is 10.1. The van der Waals surface area contributed by atoms with E-state index >= 15 is 0 Å². The van der Waals surface area contributed by atoms with Crippen molar-refractivity contribution in [2.45, 2.75) is 19.9 Å². The topological polar surface area (TPSA) is 49.3 Å². The first-order chi connectivity index (χ1) is 9.79. The van der Waals surface area contributed by atoms with Gasteiger partial charge in [0.2, 0.25) is 0 Å². The average Bonchev–Trinajstić information content (AvgIpc) is 2.98. The highest BCUT2D eigenvalue weighted by molar-refractivity contribution is 14.0. The molecule has 114 valence electrons. The third kappa shape index (κ3) is 6.01. The third-order valence-electron chi connectivity index (χ3n) is 3.06. The molecule has 0 aliphatic heterocycles. The normalized spacial score (nSPS) is 10.9. The first-order valence-electron chi connectivity index (χ1n) is 6.66. The number of nitrogens with zero attached hydrogens (tertiary/aromatic N) is 2. The van der Waals surface area contributed by atoms with Crippen LogP contribution in [0.4, 0.5) is 0 Å². The largest absolute Gasteiger partial charge is 0.356 e. The van der Waals surface area contributed by atoms with Gasteiger partial charge in [0.15, 0.2) is 5.96 Å². The van der Waals surface area contributed by atoms with E-state index < -0.39 is 0 Å². The molecule has 0 unspecified atom stereocenters. The molecule has 0 saturated heterocycles. The van der Waals surface area contributed by atoms with Crippen molar-refractivity contribution in [3.8, 4) is 0 Å². The Kier molecular flexibility index (Phi) is 8.29. The minimum absolute atomic E-state index is 0. The highest BCUT2D eigenvalue weighted by Crippen LogP contribution is 2.07. The van der Waals surface area contributed by atoms with E-state index in [4.69, 9.17) is 0 Å². The van der Waals surface area contributed by atoms with E-state index in [0.29, 0.717) is 0 Å². The summed E-state index contributed by atoms with van der Waals surface area (Å²) in [5.74, 6) is 0.838. The van der Waals surface area contributed by atoms with Gasteiger partial charge in [0.1, 0.15) is 0 Å². The van der Waals surface area contributed by atoms with Gasteiger partial charge >= 0.3 is 0 Å². The molecule has 2 aromatic heterocycles. The lowest BCUT2D eigenvalue weighted by Crippen LogP contribution is -2.37. The standard InChI is InChI=1S/C15H20N4S.HI/c1-12-10-17-7-5-13(12)6-8-18-15(16-2)19-11-14-4-3-9-20-14;/h3-5,7,9-10H,6,8,11H2,1-2H3,(H2,16,18,19);1H. The van der Waals surface area contributed by atoms with Gasteiger partial charge in [0.25, 0.3) is 0 Å². The number of pyridine rings is 1. The number of aryl methyl sites for hydroxylation is 1. The van der Waals surface area contributed by atoms with Gasteiger partial charge < -0.3 is 10.6 Å². The number of halogens is 1. The van der Waals surface area contributed by atoms with E-state index in [-0.39, 0.29) is 24.0 Å². The van der Waals surface area contributed by atoms with Crippen molar-refractivity contribution < 1.29 is 0 Å². The minimum atomic E-state index is 0. The molecule has 4 nitrogen and oxygen atoms in total. The number of aliphatic imine (C=N–C) groups is 1. The lowest BCUT2D eigenvalue weighted by molar-refractivity contribution is 0.796. The van der Waals surface area contributed by atoms with E-state index in [9.17, 15) is 0 Å². The van der Waals surface area contributed by atoms with Crippen LogP contribution in [-0.4, -0.2) is 24.5 Å². The fraction of sp³-hybridized carbons (Fsp3) is 0.333. The molecule has 2 N–H and O–H groups in total. The van der Waals surface area contributed by atoms with Crippen molar-refractivity contribution in [1.82, 2.24) is 15.6 Å². The highest BCUT2D eigenvalue weighted by Gasteiger charge is 2.00. The van der Waals surface area contributed by atoms with Crippen molar-refractivity contribution >= 4 is 41.3 Å². The third-order valence-corrected chi connectivity index (χ3v) is 3.93. The second-order valence-electron chi connectivity index (χ2n) is 4.48. The zero-order valence-electron chi connectivity index (χ0n) is 12.3. The fourth-order valence-electron chi connectivity index (χ4n) is 1.90. The van der Waals surface area contributed by atoms with Crippen molar-refractivity contribution in [3.63, 3.8) is 0 Å². The van der Waals surface area contributed by atoms with Gasteiger partial charge in [-0.25, -0.2) is 0 Å². The first kappa shape index (κ1) is 17.9. The molecule has 21 heavy (non-hydrogen) atoms. The number of rotatable bonds is 5. The molecule has 0 atom stereocenters. The second-order valence-corrected chi connectivity index (χ2v) is 5.52. The summed E-state index contributed by atoms with van der Waals surface area (Å²) in [5, 5.41) is 8.72. The zero-order valence-corrected chi connectivity index (χ0v) is 15.4. The molecule has 0 aliphatic carbocycles. The fourth-order valence-corrected chi connectivity index (χ4v) is 2.55. The SMILES string of the molecule is CN=C(NCCc1ccncc1C)NCc1cccs1.I. The molecule has 0 spiro atoms. The molecule has 0 saturated carbocycles. The van der Waals surface area contributed by atoms with Gasteiger partial charge in [-0.3, -0.25) is 9.98 Å². The Balaban J connectivity index is 0.00000220. The van der Waals surface area contributed by atoms with E-state index in [1.54, 1.807) is 18.4 Å². The van der Waals surface area contributed by atoms with Crippen LogP contribution in [0, 0.1) is 6.92 Å². The van der Waals surface area contributed by atoms with Crippen LogP contribution in [0.25, 0.3) is 0 Å². The van der Waals surface area contributed by atoms with Gasteiger partial charge in [-0.2, -0.15) is 0 Å². The Hall–Kier alpha value is -1.15. The Labute approximate surface area is 147 Å². The van der Waals surface area contributed by atoms with Crippen LogP contribution < -0.4 is 10.6 Å². The number of hydrogen-bond acceptors (Lipinski definition) is 3. The molecule has 0 bridgehead atoms. The molecule has 0 amide bonds. The molecule has 2 heterocycles. The summed E-state index contributed by atoms with van der Waals surface area (Å²) in [6.45, 7) is 3.76. The van der Waals surface area contributed by atoms with Gasteiger partial charge in [-0.1, -0.05) is 6.07 Å². The maximum Gasteiger partial charge on any atom is 0.191 e. The number of aromatic nitrogens is 1. The zero-order chi connectivity index (χ0) is 14.2. The predicted molar refractivity (Wildman–Crippen MR) is 101 cm³/mol. The highest BCUT2D eigenvalue weighted by atomic mass is 127. The van der Waals surface area contributed by atoms with Crippen LogP contribution in [0.15, 0.2) is 41.0 Å². The van der Waals surface area contributed by atoms with Crippen molar-refractivity contribution in [2.24, 2.45) is 4.99 Å². The van der Waals surface area contributed by atoms with Crippen molar-refractivity contribution in [2.75, 3.05) is 13.6 Å². The molecule has 2 rings (SSSR count). The van der Waals surface area contributed by atoms with Gasteiger partial charge in [-0.05, 0) is 42.0 Å². The Bertz CT molecular complexity index is 555. The van der Waals surface area contributed by atoms with Crippen LogP contribution in [-0.2, 0) is 13.0 Å². The monoisotopic (exact) mass is 416 g/mol. The second kappa shape index (κ2) is 9.73. The van der Waals surface area contributed by atoms with E-state index in [1.165, 1.54) is 16.0 Å². The summed E-state index contributed by atoms with van der Waals surface area (Å²) < 4.78 is 0. The maximum absolute atomic E-state index is 4.23. The van der Waals surface area contributed by atoms with Crippen molar-refractivity contribution in [3.05, 3.63) is 52.0 Å². The summed E-state index contributed by atoms with van der Waals surface area (Å²) in [7, 11) is 1.79. The molecular formula is C15H21IN4S. The number of hydrogen-bond donors (Lipinski definition) is 2. The van der Waals surface area contributed by atoms with Crippen LogP contribution >= 0.6 is 35.3 Å². The minimum Gasteiger partial charge on any atom is -0.356 e. The molecule has 0 fully saturated rings. The number of guanidine groups is 1. The van der Waals surface area contributed by atoms with Gasteiger partial charge in [-0.15, -0.1) is 35.3 Å². The summed E-state index contributed by atoms with van der Waals surface area (Å²) in [6.07, 6.45) is 4.71. The summed E-state index contributed by atoms with van der Waals surface area (Å²) >= 11 is 1.75. The predicted octanol–water partition coefficient (Wildman–Crippen LogP) is 2.98. The lowest BCUT2D eigenvalue weighted by Gasteiger charge is -2.11. The van der Waals surface area contributed by atoms with Gasteiger partial charge in [0, 0.05) is 30.9 Å². The maximum atomic E-state index is 4.23. The van der Waals surface area contributed by atoms with E-state index in [1.807, 2.05) is 12.4 Å².